The van der Waals surface area contributed by atoms with Gasteiger partial charge in [0.15, 0.2) is 16.7 Å². The molecule has 2 aromatic heterocycles. The van der Waals surface area contributed by atoms with Crippen LogP contribution in [0.4, 0.5) is 5.82 Å². The lowest BCUT2D eigenvalue weighted by molar-refractivity contribution is 0.356. The Morgan fingerprint density at radius 2 is 1.87 bits per heavy atom. The molecular weight excluding hydrogens is 416 g/mol. The molecule has 0 saturated carbocycles. The van der Waals surface area contributed by atoms with Crippen molar-refractivity contribution in [3.63, 3.8) is 0 Å². The molecule has 0 spiro atoms. The van der Waals surface area contributed by atoms with Crippen molar-refractivity contribution < 1.29 is 9.47 Å². The van der Waals surface area contributed by atoms with Gasteiger partial charge in [0, 0.05) is 23.1 Å². The molecule has 2 heterocycles. The molecule has 4 rings (SSSR count). The third-order valence-corrected chi connectivity index (χ3v) is 6.27. The molecule has 30 heavy (non-hydrogen) atoms. The lowest BCUT2D eigenvalue weighted by Gasteiger charge is -2.10. The van der Waals surface area contributed by atoms with Gasteiger partial charge in [-0.2, -0.15) is 0 Å². The molecule has 0 aliphatic carbocycles. The summed E-state index contributed by atoms with van der Waals surface area (Å²) in [5.41, 5.74) is 2.84. The van der Waals surface area contributed by atoms with E-state index in [0.29, 0.717) is 17.3 Å². The average Bonchev–Trinajstić information content (AvgIpc) is 3.26. The molecule has 0 amide bonds. The number of hydrogen-bond donors (Lipinski definition) is 1. The summed E-state index contributed by atoms with van der Waals surface area (Å²) in [6.45, 7) is 2.87. The van der Waals surface area contributed by atoms with Gasteiger partial charge in [0.2, 0.25) is 0 Å². The quantitative estimate of drug-likeness (QED) is 0.288. The second-order valence-electron chi connectivity index (χ2n) is 6.38. The van der Waals surface area contributed by atoms with Crippen LogP contribution in [0.2, 0.25) is 0 Å². The first kappa shape index (κ1) is 20.4. The van der Waals surface area contributed by atoms with Gasteiger partial charge in [-0.1, -0.05) is 30.0 Å². The van der Waals surface area contributed by atoms with Crippen molar-refractivity contribution >= 4 is 39.8 Å². The Kier molecular flexibility index (Phi) is 6.35. The van der Waals surface area contributed by atoms with Gasteiger partial charge >= 0.3 is 0 Å². The van der Waals surface area contributed by atoms with Crippen molar-refractivity contribution in [3.05, 3.63) is 53.5 Å². The summed E-state index contributed by atoms with van der Waals surface area (Å²) in [4.78, 5) is 14.2. The zero-order valence-corrected chi connectivity index (χ0v) is 18.6. The molecule has 0 unspecified atom stereocenters. The van der Waals surface area contributed by atoms with E-state index < -0.39 is 0 Å². The van der Waals surface area contributed by atoms with Crippen LogP contribution < -0.4 is 14.8 Å². The molecule has 0 aliphatic rings. The summed E-state index contributed by atoms with van der Waals surface area (Å²) in [6.07, 6.45) is 0. The van der Waals surface area contributed by atoms with Crippen LogP contribution in [0.3, 0.4) is 0 Å². The van der Waals surface area contributed by atoms with Crippen LogP contribution in [0, 0.1) is 0 Å². The Balaban J connectivity index is 1.56. The molecule has 0 aliphatic heterocycles. The highest BCUT2D eigenvalue weighted by molar-refractivity contribution is 7.98. The normalized spacial score (nSPS) is 10.9. The fraction of sp³-hybridized carbons (Fsp3) is 0.227. The maximum absolute atomic E-state index is 5.55. The number of anilines is 1. The standard InChI is InChI=1S/C22H22N4O2S2/c1-4-23-20-15-8-5-6-10-17(15)25-22(26-20)30-13-14-12-29-21(24-14)16-9-7-11-18(27-2)19(16)28-3/h5-12H,4,13H2,1-3H3,(H,23,25,26). The molecule has 2 aromatic carbocycles. The van der Waals surface area contributed by atoms with Gasteiger partial charge in [-0.15, -0.1) is 11.3 Å². The average molecular weight is 439 g/mol. The third-order valence-electron chi connectivity index (χ3n) is 4.46. The molecule has 1 N–H and O–H groups in total. The monoisotopic (exact) mass is 438 g/mol. The maximum atomic E-state index is 5.55. The molecule has 6 nitrogen and oxygen atoms in total. The SMILES string of the molecule is CCNc1nc(SCc2csc(-c3cccc(OC)c3OC)n2)nc2ccccc12. The molecular formula is C22H22N4O2S2. The van der Waals surface area contributed by atoms with Crippen molar-refractivity contribution in [2.45, 2.75) is 17.8 Å². The van der Waals surface area contributed by atoms with Gasteiger partial charge in [0.25, 0.3) is 0 Å². The molecule has 154 valence electrons. The van der Waals surface area contributed by atoms with Gasteiger partial charge in [-0.25, -0.2) is 15.0 Å². The van der Waals surface area contributed by atoms with E-state index in [0.717, 1.165) is 44.7 Å². The molecule has 0 radical (unpaired) electrons. The predicted octanol–water partition coefficient (Wildman–Crippen LogP) is 5.49. The zero-order valence-electron chi connectivity index (χ0n) is 17.0. The minimum Gasteiger partial charge on any atom is -0.493 e. The number of ether oxygens (including phenoxy) is 2. The minimum atomic E-state index is 0.687. The number of thiazole rings is 1. The summed E-state index contributed by atoms with van der Waals surface area (Å²) in [5, 5.41) is 8.06. The molecule has 0 atom stereocenters. The number of fused-ring (bicyclic) bond motifs is 1. The van der Waals surface area contributed by atoms with Crippen molar-refractivity contribution in [2.75, 3.05) is 26.1 Å². The lowest BCUT2D eigenvalue weighted by atomic mass is 10.2. The van der Waals surface area contributed by atoms with Crippen molar-refractivity contribution in [3.8, 4) is 22.1 Å². The fourth-order valence-corrected chi connectivity index (χ4v) is 4.80. The van der Waals surface area contributed by atoms with E-state index >= 15 is 0 Å². The van der Waals surface area contributed by atoms with Crippen LogP contribution in [-0.2, 0) is 5.75 Å². The summed E-state index contributed by atoms with van der Waals surface area (Å²) in [7, 11) is 3.28. The molecule has 4 aromatic rings. The number of para-hydroxylation sites is 2. The van der Waals surface area contributed by atoms with Crippen LogP contribution in [0.1, 0.15) is 12.6 Å². The number of nitrogens with one attached hydrogen (secondary N) is 1. The van der Waals surface area contributed by atoms with Crippen LogP contribution in [0.5, 0.6) is 11.5 Å². The number of hydrogen-bond acceptors (Lipinski definition) is 8. The van der Waals surface area contributed by atoms with Crippen molar-refractivity contribution in [1.82, 2.24) is 15.0 Å². The van der Waals surface area contributed by atoms with Gasteiger partial charge < -0.3 is 14.8 Å². The minimum absolute atomic E-state index is 0.687. The highest BCUT2D eigenvalue weighted by Crippen LogP contribution is 2.39. The van der Waals surface area contributed by atoms with Crippen LogP contribution >= 0.6 is 23.1 Å². The second-order valence-corrected chi connectivity index (χ2v) is 8.18. The Labute approximate surface area is 183 Å². The number of benzene rings is 2. The van der Waals surface area contributed by atoms with E-state index in [4.69, 9.17) is 24.4 Å². The topological polar surface area (TPSA) is 69.2 Å². The van der Waals surface area contributed by atoms with E-state index in [2.05, 4.69) is 17.6 Å². The smallest absolute Gasteiger partial charge is 0.190 e. The molecule has 0 bridgehead atoms. The maximum Gasteiger partial charge on any atom is 0.190 e. The summed E-state index contributed by atoms with van der Waals surface area (Å²) in [6, 6.07) is 13.9. The first-order valence-electron chi connectivity index (χ1n) is 9.52. The second kappa shape index (κ2) is 9.32. The fourth-order valence-electron chi connectivity index (χ4n) is 3.11. The van der Waals surface area contributed by atoms with E-state index in [9.17, 15) is 0 Å². The van der Waals surface area contributed by atoms with Crippen molar-refractivity contribution in [2.24, 2.45) is 0 Å². The first-order chi connectivity index (χ1) is 14.7. The zero-order chi connectivity index (χ0) is 20.9. The van der Waals surface area contributed by atoms with Crippen molar-refractivity contribution in [1.29, 1.82) is 0 Å². The summed E-state index contributed by atoms with van der Waals surface area (Å²) in [5.74, 6) is 2.95. The van der Waals surface area contributed by atoms with E-state index in [1.807, 2.05) is 42.5 Å². The number of aromatic nitrogens is 3. The van der Waals surface area contributed by atoms with Gasteiger partial charge in [-0.3, -0.25) is 0 Å². The third kappa shape index (κ3) is 4.20. The van der Waals surface area contributed by atoms with Gasteiger partial charge in [-0.05, 0) is 31.2 Å². The molecule has 0 fully saturated rings. The summed E-state index contributed by atoms with van der Waals surface area (Å²) < 4.78 is 10.9. The Morgan fingerprint density at radius 1 is 1.00 bits per heavy atom. The van der Waals surface area contributed by atoms with Crippen LogP contribution in [0.15, 0.2) is 53.0 Å². The Hall–Kier alpha value is -2.84. The van der Waals surface area contributed by atoms with E-state index in [-0.39, 0.29) is 0 Å². The number of methoxy groups -OCH3 is 2. The largest absolute Gasteiger partial charge is 0.493 e. The highest BCUT2D eigenvalue weighted by atomic mass is 32.2. The number of thioether (sulfide) groups is 1. The predicted molar refractivity (Wildman–Crippen MR) is 124 cm³/mol. The van der Waals surface area contributed by atoms with Crippen LogP contribution in [0.25, 0.3) is 21.5 Å². The Morgan fingerprint density at radius 3 is 2.67 bits per heavy atom. The Bertz CT molecular complexity index is 1160. The van der Waals surface area contributed by atoms with Gasteiger partial charge in [0.05, 0.1) is 31.0 Å². The van der Waals surface area contributed by atoms with E-state index in [1.54, 1.807) is 37.3 Å². The lowest BCUT2D eigenvalue weighted by Crippen LogP contribution is -2.02. The molecule has 8 heteroatoms. The van der Waals surface area contributed by atoms with E-state index in [1.165, 1.54) is 0 Å². The highest BCUT2D eigenvalue weighted by Gasteiger charge is 2.15. The number of rotatable bonds is 8. The summed E-state index contributed by atoms with van der Waals surface area (Å²) >= 11 is 3.17. The van der Waals surface area contributed by atoms with Gasteiger partial charge in [0.1, 0.15) is 10.8 Å². The molecule has 0 saturated heterocycles. The first-order valence-corrected chi connectivity index (χ1v) is 11.4. The van der Waals surface area contributed by atoms with Crippen LogP contribution in [-0.4, -0.2) is 35.7 Å². The number of nitrogens with zero attached hydrogens (tertiary/aromatic N) is 3.